The van der Waals surface area contributed by atoms with E-state index in [1.807, 2.05) is 48.6 Å². The summed E-state index contributed by atoms with van der Waals surface area (Å²) in [6.45, 7) is 6.29. The van der Waals surface area contributed by atoms with Gasteiger partial charge >= 0.3 is 5.97 Å². The summed E-state index contributed by atoms with van der Waals surface area (Å²) < 4.78 is 5.90. The Kier molecular flexibility index (Phi) is 47.7. The number of unbranched alkanes of at least 4 members (excludes halogenated alkanes) is 24. The molecule has 0 aliphatic heterocycles. The molecule has 362 valence electrons. The summed E-state index contributed by atoms with van der Waals surface area (Å²) in [6, 6.07) is -0.730. The van der Waals surface area contributed by atoms with Gasteiger partial charge in [-0.05, 0) is 70.6 Å². The van der Waals surface area contributed by atoms with Crippen LogP contribution in [0.5, 0.6) is 0 Å². The highest BCUT2D eigenvalue weighted by molar-refractivity contribution is 5.77. The molecule has 0 saturated carbocycles. The van der Waals surface area contributed by atoms with E-state index in [1.54, 1.807) is 0 Å². The van der Waals surface area contributed by atoms with Crippen LogP contribution in [0.25, 0.3) is 0 Å². The van der Waals surface area contributed by atoms with Crippen LogP contribution < -0.4 is 5.32 Å². The average Bonchev–Trinajstić information content (AvgIpc) is 3.28. The van der Waals surface area contributed by atoms with Crippen molar-refractivity contribution in [3.05, 3.63) is 85.1 Å². The van der Waals surface area contributed by atoms with Gasteiger partial charge in [-0.1, -0.05) is 241 Å². The van der Waals surface area contributed by atoms with Gasteiger partial charge in [0, 0.05) is 6.42 Å². The summed E-state index contributed by atoms with van der Waals surface area (Å²) in [7, 11) is 0. The number of esters is 1. The SMILES string of the molecule is CC/C=C/C=C/C=C\C=C/C=C/CCCC(CC(=O)NC(CO)C(O)CCCCCCCCCCCCCCCC)OC(=O)CCCCCCCCC/C=C\C/C=C\CCCCC. The van der Waals surface area contributed by atoms with Gasteiger partial charge < -0.3 is 20.3 Å². The second-order valence-corrected chi connectivity index (χ2v) is 17.7. The van der Waals surface area contributed by atoms with E-state index in [1.165, 1.54) is 122 Å². The number of aliphatic hydroxyl groups excluding tert-OH is 2. The molecule has 0 aromatic heterocycles. The Morgan fingerprint density at radius 3 is 1.48 bits per heavy atom. The number of carbonyl (C=O) groups excluding carboxylic acids is 2. The lowest BCUT2D eigenvalue weighted by atomic mass is 10.0. The minimum absolute atomic E-state index is 0.0220. The normalized spacial score (nSPS) is 13.9. The van der Waals surface area contributed by atoms with Gasteiger partial charge in [0.1, 0.15) is 6.10 Å². The fraction of sp³-hybridized carbons (Fsp3) is 0.719. The van der Waals surface area contributed by atoms with Gasteiger partial charge in [-0.3, -0.25) is 9.59 Å². The summed E-state index contributed by atoms with van der Waals surface area (Å²) in [4.78, 5) is 26.1. The lowest BCUT2D eigenvalue weighted by molar-refractivity contribution is -0.151. The molecule has 0 bridgehead atoms. The summed E-state index contributed by atoms with van der Waals surface area (Å²) in [5.74, 6) is -0.557. The van der Waals surface area contributed by atoms with Gasteiger partial charge in [0.15, 0.2) is 0 Å². The van der Waals surface area contributed by atoms with Crippen molar-refractivity contribution in [2.45, 2.75) is 257 Å². The van der Waals surface area contributed by atoms with Gasteiger partial charge in [-0.25, -0.2) is 0 Å². The van der Waals surface area contributed by atoms with E-state index < -0.39 is 18.2 Å². The molecule has 0 rings (SSSR count). The van der Waals surface area contributed by atoms with Crippen molar-refractivity contribution in [1.82, 2.24) is 5.32 Å². The van der Waals surface area contributed by atoms with Crippen LogP contribution in [0.3, 0.4) is 0 Å². The Hall–Kier alpha value is -2.96. The van der Waals surface area contributed by atoms with Crippen molar-refractivity contribution < 1.29 is 24.5 Å². The zero-order valence-electron chi connectivity index (χ0n) is 41.2. The number of hydrogen-bond donors (Lipinski definition) is 3. The van der Waals surface area contributed by atoms with E-state index in [-0.39, 0.29) is 24.9 Å². The van der Waals surface area contributed by atoms with Crippen molar-refractivity contribution in [2.24, 2.45) is 0 Å². The van der Waals surface area contributed by atoms with Crippen LogP contribution in [0.1, 0.15) is 239 Å². The van der Waals surface area contributed by atoms with Gasteiger partial charge in [0.25, 0.3) is 0 Å². The van der Waals surface area contributed by atoms with Crippen LogP contribution in [-0.2, 0) is 14.3 Å². The van der Waals surface area contributed by atoms with Crippen LogP contribution in [0.2, 0.25) is 0 Å². The van der Waals surface area contributed by atoms with Gasteiger partial charge in [0.2, 0.25) is 5.91 Å². The Balaban J connectivity index is 4.66. The molecule has 0 aliphatic rings. The van der Waals surface area contributed by atoms with Crippen molar-refractivity contribution in [3.8, 4) is 0 Å². The summed E-state index contributed by atoms with van der Waals surface area (Å²) in [6.07, 6.45) is 65.0. The van der Waals surface area contributed by atoms with E-state index in [2.05, 4.69) is 62.5 Å². The molecule has 63 heavy (non-hydrogen) atoms. The maximum atomic E-state index is 13.2. The number of hydrogen-bond acceptors (Lipinski definition) is 5. The Morgan fingerprint density at radius 2 is 0.937 bits per heavy atom. The minimum Gasteiger partial charge on any atom is -0.462 e. The maximum Gasteiger partial charge on any atom is 0.306 e. The summed E-state index contributed by atoms with van der Waals surface area (Å²) in [5.41, 5.74) is 0. The number of carbonyl (C=O) groups is 2. The highest BCUT2D eigenvalue weighted by Gasteiger charge is 2.24. The molecule has 0 heterocycles. The van der Waals surface area contributed by atoms with E-state index in [9.17, 15) is 19.8 Å². The maximum absolute atomic E-state index is 13.2. The zero-order valence-corrected chi connectivity index (χ0v) is 41.2. The third-order valence-electron chi connectivity index (χ3n) is 11.6. The number of allylic oxidation sites excluding steroid dienone is 14. The Labute approximate surface area is 389 Å². The molecule has 0 radical (unpaired) electrons. The number of aliphatic hydroxyl groups is 2. The van der Waals surface area contributed by atoms with Crippen molar-refractivity contribution in [1.29, 1.82) is 0 Å². The van der Waals surface area contributed by atoms with Crippen LogP contribution in [0.4, 0.5) is 0 Å². The fourth-order valence-corrected chi connectivity index (χ4v) is 7.60. The lowest BCUT2D eigenvalue weighted by Crippen LogP contribution is -2.46. The largest absolute Gasteiger partial charge is 0.462 e. The summed E-state index contributed by atoms with van der Waals surface area (Å²) in [5, 5.41) is 23.8. The smallest absolute Gasteiger partial charge is 0.306 e. The fourth-order valence-electron chi connectivity index (χ4n) is 7.60. The highest BCUT2D eigenvalue weighted by Crippen LogP contribution is 2.17. The van der Waals surface area contributed by atoms with Gasteiger partial charge in [-0.15, -0.1) is 0 Å². The molecule has 3 atom stereocenters. The average molecular weight is 878 g/mol. The minimum atomic E-state index is -0.812. The highest BCUT2D eigenvalue weighted by atomic mass is 16.5. The van der Waals surface area contributed by atoms with Crippen LogP contribution in [0, 0.1) is 0 Å². The van der Waals surface area contributed by atoms with E-state index >= 15 is 0 Å². The molecule has 1 amide bonds. The molecule has 0 fully saturated rings. The molecule has 6 heteroatoms. The first-order valence-electron chi connectivity index (χ1n) is 26.4. The van der Waals surface area contributed by atoms with E-state index in [4.69, 9.17) is 4.74 Å². The first-order valence-corrected chi connectivity index (χ1v) is 26.4. The van der Waals surface area contributed by atoms with E-state index in [0.29, 0.717) is 19.3 Å². The van der Waals surface area contributed by atoms with E-state index in [0.717, 1.165) is 70.6 Å². The zero-order chi connectivity index (χ0) is 45.9. The molecule has 0 aromatic rings. The first kappa shape index (κ1) is 60.0. The van der Waals surface area contributed by atoms with Crippen molar-refractivity contribution >= 4 is 11.9 Å². The number of amides is 1. The predicted molar refractivity (Wildman–Crippen MR) is 273 cm³/mol. The van der Waals surface area contributed by atoms with Crippen LogP contribution in [-0.4, -0.2) is 46.9 Å². The summed E-state index contributed by atoms with van der Waals surface area (Å²) >= 11 is 0. The quantitative estimate of drug-likeness (QED) is 0.0245. The van der Waals surface area contributed by atoms with Crippen LogP contribution in [0.15, 0.2) is 85.1 Å². The molecular formula is C57H99NO5. The third-order valence-corrected chi connectivity index (χ3v) is 11.6. The molecule has 3 N–H and O–H groups in total. The van der Waals surface area contributed by atoms with Crippen molar-refractivity contribution in [3.63, 3.8) is 0 Å². The molecule has 0 saturated heterocycles. The molecule has 0 spiro atoms. The Bertz CT molecular complexity index is 1210. The topological polar surface area (TPSA) is 95.9 Å². The lowest BCUT2D eigenvalue weighted by Gasteiger charge is -2.24. The molecule has 0 aliphatic carbocycles. The first-order chi connectivity index (χ1) is 31.0. The number of ether oxygens (including phenoxy) is 1. The second kappa shape index (κ2) is 50.0. The molecular weight excluding hydrogens is 779 g/mol. The number of rotatable bonds is 46. The standard InChI is InChI=1S/C57H99NO5/c1-4-7-10-13-16-19-22-25-27-28-29-32-35-38-41-44-47-50-57(62)63-53(48-45-42-39-36-33-30-24-21-18-15-12-9-6-3)51-56(61)58-54(52-59)55(60)49-46-43-40-37-34-31-26-23-20-17-14-11-8-5-2/h9,12,15-16,18-19,21,24-25,27,30,33,36,39,53-55,59-60H,4-8,10-11,13-14,17,20,22-23,26,28-29,31-32,34-35,37-38,40-52H2,1-3H3,(H,58,61)/b12-9+,18-15+,19-16-,24-21-,27-25-,33-30-,39-36+. The van der Waals surface area contributed by atoms with Gasteiger partial charge in [0.05, 0.1) is 25.2 Å². The Morgan fingerprint density at radius 1 is 0.492 bits per heavy atom. The van der Waals surface area contributed by atoms with Crippen LogP contribution >= 0.6 is 0 Å². The predicted octanol–water partition coefficient (Wildman–Crippen LogP) is 16.0. The second-order valence-electron chi connectivity index (χ2n) is 17.7. The monoisotopic (exact) mass is 878 g/mol. The van der Waals surface area contributed by atoms with Gasteiger partial charge in [-0.2, -0.15) is 0 Å². The molecule has 3 unspecified atom stereocenters. The molecule has 0 aromatic carbocycles. The number of nitrogens with one attached hydrogen (secondary N) is 1. The third kappa shape index (κ3) is 45.4. The van der Waals surface area contributed by atoms with Crippen molar-refractivity contribution in [2.75, 3.05) is 6.61 Å². The molecule has 6 nitrogen and oxygen atoms in total.